The zero-order valence-electron chi connectivity index (χ0n) is 11.2. The van der Waals surface area contributed by atoms with Gasteiger partial charge in [-0.2, -0.15) is 0 Å². The Morgan fingerprint density at radius 3 is 1.83 bits per heavy atom. The lowest BCUT2D eigenvalue weighted by molar-refractivity contribution is 0.250. The average Bonchev–Trinajstić information content (AvgIpc) is 2.95. The molecule has 98 valence electrons. The molecular weight excluding hydrogens is 228 g/mol. The summed E-state index contributed by atoms with van der Waals surface area (Å²) < 4.78 is 11.5. The highest BCUT2D eigenvalue weighted by Crippen LogP contribution is 2.38. The summed E-state index contributed by atoms with van der Waals surface area (Å²) in [6, 6.07) is 7.90. The Morgan fingerprint density at radius 2 is 1.50 bits per heavy atom. The molecule has 0 aliphatic heterocycles. The van der Waals surface area contributed by atoms with Crippen LogP contribution < -0.4 is 0 Å². The second-order valence-electron chi connectivity index (χ2n) is 4.98. The Labute approximate surface area is 107 Å². The summed E-state index contributed by atoms with van der Waals surface area (Å²) in [5.74, 6) is 3.57. The summed E-state index contributed by atoms with van der Waals surface area (Å²) >= 11 is 0. The monoisotopic (exact) mass is 248 g/mol. The molecule has 0 aliphatic rings. The fourth-order valence-corrected chi connectivity index (χ4v) is 2.26. The summed E-state index contributed by atoms with van der Waals surface area (Å²) in [5, 5.41) is 9.07. The van der Waals surface area contributed by atoms with Crippen molar-refractivity contribution in [1.82, 2.24) is 0 Å². The molecule has 18 heavy (non-hydrogen) atoms. The molecule has 0 radical (unpaired) electrons. The van der Waals surface area contributed by atoms with Crippen molar-refractivity contribution in [2.24, 2.45) is 0 Å². The Balaban J connectivity index is 2.39. The zero-order valence-corrected chi connectivity index (χ0v) is 11.2. The molecule has 0 bridgehead atoms. The van der Waals surface area contributed by atoms with Gasteiger partial charge in [0.15, 0.2) is 0 Å². The topological polar surface area (TPSA) is 46.5 Å². The number of hydrogen-bond acceptors (Lipinski definition) is 3. The number of furan rings is 2. The Kier molecular flexibility index (Phi) is 3.62. The van der Waals surface area contributed by atoms with Gasteiger partial charge in [-0.3, -0.25) is 0 Å². The lowest BCUT2D eigenvalue weighted by Gasteiger charge is -2.25. The maximum Gasteiger partial charge on any atom is 0.117 e. The van der Waals surface area contributed by atoms with E-state index in [2.05, 4.69) is 6.92 Å². The lowest BCUT2D eigenvalue weighted by atomic mass is 9.80. The van der Waals surface area contributed by atoms with Gasteiger partial charge >= 0.3 is 0 Å². The molecule has 0 aliphatic carbocycles. The van der Waals surface area contributed by atoms with Crippen molar-refractivity contribution in [3.63, 3.8) is 0 Å². The van der Waals surface area contributed by atoms with Crippen molar-refractivity contribution in [3.05, 3.63) is 47.3 Å². The van der Waals surface area contributed by atoms with Crippen LogP contribution in [0.5, 0.6) is 0 Å². The number of hydrogen-bond donors (Lipinski definition) is 1. The summed E-state index contributed by atoms with van der Waals surface area (Å²) in [4.78, 5) is 0. The molecule has 3 nitrogen and oxygen atoms in total. The molecule has 3 heteroatoms. The standard InChI is InChI=1S/C15H20O3/c1-11-5-7-13(17-11)15(3,9-4-10-16)14-8-6-12(2)18-14/h5-8,16H,4,9-10H2,1-3H3. The fraction of sp³-hybridized carbons (Fsp3) is 0.467. The van der Waals surface area contributed by atoms with Crippen molar-refractivity contribution in [3.8, 4) is 0 Å². The maximum atomic E-state index is 9.07. The van der Waals surface area contributed by atoms with E-state index < -0.39 is 0 Å². The maximum absolute atomic E-state index is 9.07. The predicted molar refractivity (Wildman–Crippen MR) is 69.7 cm³/mol. The van der Waals surface area contributed by atoms with Crippen molar-refractivity contribution < 1.29 is 13.9 Å². The van der Waals surface area contributed by atoms with Gasteiger partial charge in [0.25, 0.3) is 0 Å². The van der Waals surface area contributed by atoms with Crippen LogP contribution in [0, 0.1) is 13.8 Å². The van der Waals surface area contributed by atoms with E-state index >= 15 is 0 Å². The molecule has 0 unspecified atom stereocenters. The minimum atomic E-state index is -0.314. The molecule has 0 aromatic carbocycles. The second kappa shape index (κ2) is 5.02. The Morgan fingerprint density at radius 1 is 1.00 bits per heavy atom. The summed E-state index contributed by atoms with van der Waals surface area (Å²) in [7, 11) is 0. The van der Waals surface area contributed by atoms with Gasteiger partial charge in [-0.25, -0.2) is 0 Å². The molecule has 0 atom stereocenters. The molecule has 2 rings (SSSR count). The average molecular weight is 248 g/mol. The highest BCUT2D eigenvalue weighted by Gasteiger charge is 2.34. The van der Waals surface area contributed by atoms with E-state index in [0.717, 1.165) is 35.9 Å². The van der Waals surface area contributed by atoms with E-state index in [4.69, 9.17) is 13.9 Å². The van der Waals surface area contributed by atoms with E-state index in [9.17, 15) is 0 Å². The molecule has 2 aromatic heterocycles. The van der Waals surface area contributed by atoms with Crippen LogP contribution in [0.2, 0.25) is 0 Å². The van der Waals surface area contributed by atoms with Gasteiger partial charge in [0.1, 0.15) is 23.0 Å². The van der Waals surface area contributed by atoms with E-state index in [1.807, 2.05) is 38.1 Å². The minimum absolute atomic E-state index is 0.176. The zero-order chi connectivity index (χ0) is 13.2. The van der Waals surface area contributed by atoms with E-state index in [1.165, 1.54) is 0 Å². The fourth-order valence-electron chi connectivity index (χ4n) is 2.26. The highest BCUT2D eigenvalue weighted by atomic mass is 16.4. The molecule has 0 saturated heterocycles. The van der Waals surface area contributed by atoms with Crippen LogP contribution in [0.3, 0.4) is 0 Å². The third-order valence-electron chi connectivity index (χ3n) is 3.40. The van der Waals surface area contributed by atoms with Crippen LogP contribution in [0.1, 0.15) is 42.8 Å². The predicted octanol–water partition coefficient (Wildman–Crippen LogP) is 3.57. The van der Waals surface area contributed by atoms with Crippen molar-refractivity contribution >= 4 is 0 Å². The van der Waals surface area contributed by atoms with Crippen molar-refractivity contribution in [2.45, 2.75) is 39.0 Å². The molecule has 2 heterocycles. The van der Waals surface area contributed by atoms with E-state index in [-0.39, 0.29) is 12.0 Å². The highest BCUT2D eigenvalue weighted by molar-refractivity contribution is 5.28. The first kappa shape index (κ1) is 13.0. The first-order chi connectivity index (χ1) is 8.56. The van der Waals surface area contributed by atoms with Gasteiger partial charge in [0.05, 0.1) is 5.41 Å². The first-order valence-electron chi connectivity index (χ1n) is 6.31. The van der Waals surface area contributed by atoms with Crippen molar-refractivity contribution in [2.75, 3.05) is 6.61 Å². The number of aryl methyl sites for hydroxylation is 2. The van der Waals surface area contributed by atoms with Crippen LogP contribution in [0.25, 0.3) is 0 Å². The Bertz CT molecular complexity index is 467. The molecule has 1 N–H and O–H groups in total. The van der Waals surface area contributed by atoms with E-state index in [0.29, 0.717) is 0 Å². The van der Waals surface area contributed by atoms with Gasteiger partial charge in [0, 0.05) is 6.61 Å². The Hall–Kier alpha value is -1.48. The quantitative estimate of drug-likeness (QED) is 0.879. The van der Waals surface area contributed by atoms with Gasteiger partial charge in [0.2, 0.25) is 0 Å². The summed E-state index contributed by atoms with van der Waals surface area (Å²) in [6.45, 7) is 6.14. The summed E-state index contributed by atoms with van der Waals surface area (Å²) in [5.41, 5.74) is -0.314. The van der Waals surface area contributed by atoms with Gasteiger partial charge in [-0.1, -0.05) is 0 Å². The normalized spacial score (nSPS) is 12.0. The van der Waals surface area contributed by atoms with Crippen molar-refractivity contribution in [1.29, 1.82) is 0 Å². The van der Waals surface area contributed by atoms with Gasteiger partial charge < -0.3 is 13.9 Å². The first-order valence-corrected chi connectivity index (χ1v) is 6.31. The van der Waals surface area contributed by atoms with Gasteiger partial charge in [-0.15, -0.1) is 0 Å². The van der Waals surface area contributed by atoms with Crippen LogP contribution >= 0.6 is 0 Å². The second-order valence-corrected chi connectivity index (χ2v) is 4.98. The van der Waals surface area contributed by atoms with Crippen LogP contribution in [0.4, 0.5) is 0 Å². The third-order valence-corrected chi connectivity index (χ3v) is 3.40. The van der Waals surface area contributed by atoms with Crippen LogP contribution in [-0.2, 0) is 5.41 Å². The smallest absolute Gasteiger partial charge is 0.117 e. The number of rotatable bonds is 5. The summed E-state index contributed by atoms with van der Waals surface area (Å²) in [6.07, 6.45) is 1.51. The molecule has 0 fully saturated rings. The van der Waals surface area contributed by atoms with Crippen LogP contribution in [0.15, 0.2) is 33.1 Å². The van der Waals surface area contributed by atoms with E-state index in [1.54, 1.807) is 0 Å². The van der Waals surface area contributed by atoms with Crippen LogP contribution in [-0.4, -0.2) is 11.7 Å². The number of aliphatic hydroxyl groups excluding tert-OH is 1. The minimum Gasteiger partial charge on any atom is -0.465 e. The lowest BCUT2D eigenvalue weighted by Crippen LogP contribution is -2.22. The number of aliphatic hydroxyl groups is 1. The third kappa shape index (κ3) is 2.36. The van der Waals surface area contributed by atoms with Gasteiger partial charge in [-0.05, 0) is 57.9 Å². The molecule has 0 saturated carbocycles. The molecular formula is C15H20O3. The molecule has 0 spiro atoms. The molecule has 0 amide bonds. The SMILES string of the molecule is Cc1ccc(C(C)(CCCO)c2ccc(C)o2)o1. The largest absolute Gasteiger partial charge is 0.465 e. The molecule has 2 aromatic rings.